The van der Waals surface area contributed by atoms with Gasteiger partial charge < -0.3 is 4.52 Å². The van der Waals surface area contributed by atoms with Crippen molar-refractivity contribution < 1.29 is 14.1 Å². The van der Waals surface area contributed by atoms with E-state index in [2.05, 4.69) is 17.3 Å². The van der Waals surface area contributed by atoms with Crippen LogP contribution in [0.5, 0.6) is 0 Å². The van der Waals surface area contributed by atoms with Gasteiger partial charge in [0.25, 0.3) is 0 Å². The minimum Gasteiger partial charge on any atom is -0.356 e. The van der Waals surface area contributed by atoms with Gasteiger partial charge in [-0.25, -0.2) is 0 Å². The topological polar surface area (TPSA) is 108 Å². The minimum absolute atomic E-state index is 0.0998. The van der Waals surface area contributed by atoms with Crippen molar-refractivity contribution >= 4 is 45.4 Å². The van der Waals surface area contributed by atoms with Crippen LogP contribution in [0.15, 0.2) is 53.1 Å². The third-order valence-corrected chi connectivity index (χ3v) is 7.42. The van der Waals surface area contributed by atoms with Gasteiger partial charge in [-0.1, -0.05) is 35.5 Å². The third kappa shape index (κ3) is 4.25. The van der Waals surface area contributed by atoms with E-state index < -0.39 is 0 Å². The second-order valence-corrected chi connectivity index (χ2v) is 9.98. The van der Waals surface area contributed by atoms with E-state index in [9.17, 15) is 20.1 Å². The van der Waals surface area contributed by atoms with E-state index in [-0.39, 0.29) is 28.4 Å². The van der Waals surface area contributed by atoms with Crippen molar-refractivity contribution in [2.75, 3.05) is 0 Å². The Balaban J connectivity index is 1.74. The number of nitrogens with zero attached hydrogens (tertiary/aromatic N) is 3. The number of hydrogen-bond donors (Lipinski definition) is 0. The standard InChI is InChI=1S/C26H17N3O3S2/c1-14(30)24-9-18(15(2)33-24)20(12-27)21(13-28)19-10-25(34-16(19)3)26(31)22-11-23(32-29-22)17-7-5-4-6-8-17/h4-11H,1-3H3. The number of nitriles is 2. The molecule has 0 aliphatic rings. The van der Waals surface area contributed by atoms with Gasteiger partial charge in [-0.15, -0.1) is 22.7 Å². The lowest BCUT2D eigenvalue weighted by Crippen LogP contribution is -1.98. The lowest BCUT2D eigenvalue weighted by atomic mass is 9.96. The van der Waals surface area contributed by atoms with Crippen LogP contribution in [-0.4, -0.2) is 16.7 Å². The zero-order valence-corrected chi connectivity index (χ0v) is 20.1. The molecule has 0 aliphatic carbocycles. The molecule has 1 aromatic carbocycles. The van der Waals surface area contributed by atoms with Crippen molar-refractivity contribution in [1.29, 1.82) is 10.5 Å². The summed E-state index contributed by atoms with van der Waals surface area (Å²) < 4.78 is 5.35. The highest BCUT2D eigenvalue weighted by Gasteiger charge is 2.23. The Morgan fingerprint density at radius 2 is 1.44 bits per heavy atom. The quantitative estimate of drug-likeness (QED) is 0.230. The van der Waals surface area contributed by atoms with Crippen LogP contribution in [-0.2, 0) is 0 Å². The summed E-state index contributed by atoms with van der Waals surface area (Å²) in [6.45, 7) is 5.07. The first-order valence-electron chi connectivity index (χ1n) is 10.2. The first kappa shape index (κ1) is 23.1. The van der Waals surface area contributed by atoms with Crippen LogP contribution in [0.25, 0.3) is 22.5 Å². The molecule has 3 aromatic heterocycles. The molecule has 0 saturated carbocycles. The number of ketones is 2. The smallest absolute Gasteiger partial charge is 0.224 e. The maximum absolute atomic E-state index is 13.1. The number of aryl methyl sites for hydroxylation is 2. The molecule has 4 rings (SSSR count). The number of carbonyl (C=O) groups is 2. The number of rotatable bonds is 6. The number of benzene rings is 1. The summed E-state index contributed by atoms with van der Waals surface area (Å²) in [5.74, 6) is 0.0555. The number of hydrogen-bond acceptors (Lipinski definition) is 8. The van der Waals surface area contributed by atoms with Crippen LogP contribution in [0.3, 0.4) is 0 Å². The van der Waals surface area contributed by atoms with Crippen molar-refractivity contribution in [3.8, 4) is 23.5 Å². The summed E-state index contributed by atoms with van der Waals surface area (Å²) in [5, 5.41) is 23.7. The molecule has 0 saturated heterocycles. The first-order chi connectivity index (χ1) is 16.3. The fourth-order valence-corrected chi connectivity index (χ4v) is 5.39. The minimum atomic E-state index is -0.327. The van der Waals surface area contributed by atoms with Gasteiger partial charge in [-0.05, 0) is 32.9 Å². The number of aromatic nitrogens is 1. The van der Waals surface area contributed by atoms with Crippen LogP contribution in [0.1, 0.15) is 52.8 Å². The van der Waals surface area contributed by atoms with Crippen LogP contribution in [0, 0.1) is 36.5 Å². The molecular weight excluding hydrogens is 466 g/mol. The van der Waals surface area contributed by atoms with E-state index in [4.69, 9.17) is 4.52 Å². The average molecular weight is 484 g/mol. The predicted octanol–water partition coefficient (Wildman–Crippen LogP) is 6.47. The second-order valence-electron chi connectivity index (χ2n) is 7.46. The molecule has 3 heterocycles. The van der Waals surface area contributed by atoms with Gasteiger partial charge in [0, 0.05) is 32.5 Å². The van der Waals surface area contributed by atoms with Crippen molar-refractivity contribution in [3.63, 3.8) is 0 Å². The highest BCUT2D eigenvalue weighted by Crippen LogP contribution is 2.36. The zero-order chi connectivity index (χ0) is 24.4. The Labute approximate surface area is 204 Å². The summed E-state index contributed by atoms with van der Waals surface area (Å²) in [4.78, 5) is 27.3. The Morgan fingerprint density at radius 3 is 1.97 bits per heavy atom. The van der Waals surface area contributed by atoms with Gasteiger partial charge in [0.1, 0.15) is 12.1 Å². The monoisotopic (exact) mass is 483 g/mol. The molecule has 6 nitrogen and oxygen atoms in total. The summed E-state index contributed by atoms with van der Waals surface area (Å²) in [6, 6.07) is 18.4. The number of allylic oxidation sites excluding steroid dienone is 2. The molecule has 0 bridgehead atoms. The Bertz CT molecular complexity index is 1540. The molecule has 0 N–H and O–H groups in total. The Morgan fingerprint density at radius 1 is 0.882 bits per heavy atom. The van der Waals surface area contributed by atoms with Crippen LogP contribution >= 0.6 is 22.7 Å². The van der Waals surface area contributed by atoms with E-state index >= 15 is 0 Å². The van der Waals surface area contributed by atoms with Gasteiger partial charge in [0.05, 0.1) is 20.9 Å². The molecule has 0 spiro atoms. The average Bonchev–Trinajstić information content (AvgIpc) is 3.56. The summed E-state index contributed by atoms with van der Waals surface area (Å²) >= 11 is 2.51. The predicted molar refractivity (Wildman–Crippen MR) is 132 cm³/mol. The SMILES string of the molecule is CC(=O)c1cc(C(C#N)=C(C#N)c2cc(C(=O)c3cc(-c4ccccc4)on3)sc2C)c(C)s1. The highest BCUT2D eigenvalue weighted by atomic mass is 32.1. The summed E-state index contributed by atoms with van der Waals surface area (Å²) in [5.41, 5.74) is 2.37. The third-order valence-electron chi connectivity index (χ3n) is 5.22. The molecule has 166 valence electrons. The van der Waals surface area contributed by atoms with Crippen molar-refractivity contribution in [2.45, 2.75) is 20.8 Å². The fourth-order valence-electron chi connectivity index (χ4n) is 3.49. The van der Waals surface area contributed by atoms with E-state index in [1.54, 1.807) is 25.1 Å². The molecule has 0 fully saturated rings. The molecular formula is C26H17N3O3S2. The van der Waals surface area contributed by atoms with Crippen molar-refractivity contribution in [3.05, 3.63) is 84.9 Å². The first-order valence-corrected chi connectivity index (χ1v) is 11.8. The Kier molecular flexibility index (Phi) is 6.38. The number of thiophene rings is 2. The van der Waals surface area contributed by atoms with E-state index in [1.165, 1.54) is 29.6 Å². The molecule has 0 aliphatic heterocycles. The maximum atomic E-state index is 13.1. The fraction of sp³-hybridized carbons (Fsp3) is 0.115. The molecule has 34 heavy (non-hydrogen) atoms. The van der Waals surface area contributed by atoms with E-state index in [1.807, 2.05) is 37.3 Å². The number of carbonyl (C=O) groups excluding carboxylic acids is 2. The lowest BCUT2D eigenvalue weighted by Gasteiger charge is -2.03. The summed E-state index contributed by atoms with van der Waals surface area (Å²) in [7, 11) is 0. The second kappa shape index (κ2) is 9.40. The van der Waals surface area contributed by atoms with E-state index in [0.717, 1.165) is 15.3 Å². The normalized spacial score (nSPS) is 11.4. The maximum Gasteiger partial charge on any atom is 0.224 e. The molecule has 0 unspecified atom stereocenters. The van der Waals surface area contributed by atoms with Gasteiger partial charge in [-0.3, -0.25) is 9.59 Å². The molecule has 0 radical (unpaired) electrons. The molecule has 0 atom stereocenters. The molecule has 0 amide bonds. The van der Waals surface area contributed by atoms with Crippen molar-refractivity contribution in [1.82, 2.24) is 5.16 Å². The zero-order valence-electron chi connectivity index (χ0n) is 18.5. The van der Waals surface area contributed by atoms with Crippen LogP contribution in [0.2, 0.25) is 0 Å². The summed E-state index contributed by atoms with van der Waals surface area (Å²) in [6.07, 6.45) is 0. The van der Waals surface area contributed by atoms with Crippen LogP contribution < -0.4 is 0 Å². The highest BCUT2D eigenvalue weighted by molar-refractivity contribution is 7.14. The largest absolute Gasteiger partial charge is 0.356 e. The van der Waals surface area contributed by atoms with Gasteiger partial charge in [0.2, 0.25) is 5.78 Å². The van der Waals surface area contributed by atoms with Gasteiger partial charge >= 0.3 is 0 Å². The van der Waals surface area contributed by atoms with Crippen LogP contribution in [0.4, 0.5) is 0 Å². The number of Topliss-reactive ketones (excluding diaryl/α,β-unsaturated/α-hetero) is 1. The van der Waals surface area contributed by atoms with E-state index in [0.29, 0.717) is 26.6 Å². The lowest BCUT2D eigenvalue weighted by molar-refractivity contribution is 0.101. The van der Waals surface area contributed by atoms with Crippen molar-refractivity contribution in [2.24, 2.45) is 0 Å². The Hall–Kier alpha value is -4.11. The van der Waals surface area contributed by atoms with Gasteiger partial charge in [0.15, 0.2) is 17.2 Å². The molecule has 8 heteroatoms. The molecule has 4 aromatic rings. The van der Waals surface area contributed by atoms with Gasteiger partial charge in [-0.2, -0.15) is 10.5 Å².